The lowest BCUT2D eigenvalue weighted by Crippen LogP contribution is -2.38. The highest BCUT2D eigenvalue weighted by atomic mass is 32.2. The summed E-state index contributed by atoms with van der Waals surface area (Å²) in [4.78, 5) is 19.0. The van der Waals surface area contributed by atoms with Gasteiger partial charge in [-0.2, -0.15) is 0 Å². The number of amides is 1. The van der Waals surface area contributed by atoms with E-state index in [0.717, 1.165) is 32.3 Å². The van der Waals surface area contributed by atoms with Gasteiger partial charge in [0.05, 0.1) is 30.3 Å². The van der Waals surface area contributed by atoms with E-state index in [1.807, 2.05) is 23.1 Å². The summed E-state index contributed by atoms with van der Waals surface area (Å²) < 4.78 is 33.6. The fourth-order valence-corrected chi connectivity index (χ4v) is 5.50. The fourth-order valence-electron chi connectivity index (χ4n) is 4.00. The van der Waals surface area contributed by atoms with Gasteiger partial charge in [-0.25, -0.2) is 13.4 Å². The second kappa shape index (κ2) is 9.36. The zero-order valence-corrected chi connectivity index (χ0v) is 18.5. The van der Waals surface area contributed by atoms with Crippen molar-refractivity contribution in [2.45, 2.75) is 55.8 Å². The van der Waals surface area contributed by atoms with Gasteiger partial charge in [0, 0.05) is 25.6 Å². The number of ether oxygens (including phenoxy) is 1. The molecule has 8 heteroatoms. The Morgan fingerprint density at radius 3 is 2.68 bits per heavy atom. The number of sulfone groups is 1. The number of rotatable bonds is 10. The van der Waals surface area contributed by atoms with Gasteiger partial charge in [-0.15, -0.1) is 6.58 Å². The van der Waals surface area contributed by atoms with E-state index in [2.05, 4.69) is 11.6 Å². The molecule has 31 heavy (non-hydrogen) atoms. The largest absolute Gasteiger partial charge is 0.376 e. The second-order valence-electron chi connectivity index (χ2n) is 8.30. The molecule has 1 aromatic heterocycles. The molecule has 0 unspecified atom stereocenters. The average molecular weight is 444 g/mol. The van der Waals surface area contributed by atoms with Gasteiger partial charge >= 0.3 is 0 Å². The summed E-state index contributed by atoms with van der Waals surface area (Å²) in [6.45, 7) is 5.66. The Bertz CT molecular complexity index is 1020. The van der Waals surface area contributed by atoms with Crippen LogP contribution in [0.4, 0.5) is 0 Å². The molecule has 0 bridgehead atoms. The Morgan fingerprint density at radius 1 is 1.26 bits per heavy atom. The van der Waals surface area contributed by atoms with E-state index < -0.39 is 9.84 Å². The topological polar surface area (TPSA) is 81.5 Å². The molecular formula is C23H29N3O4S. The maximum atomic E-state index is 13.1. The van der Waals surface area contributed by atoms with Crippen LogP contribution < -0.4 is 0 Å². The first kappa shape index (κ1) is 21.8. The van der Waals surface area contributed by atoms with Gasteiger partial charge in [-0.05, 0) is 31.2 Å². The lowest BCUT2D eigenvalue weighted by Gasteiger charge is -2.26. The highest BCUT2D eigenvalue weighted by Gasteiger charge is 2.35. The standard InChI is InChI=1S/C23H29N3O4S/c1-2-12-26-20(14-24-23(26)31(28,29)17-18-7-4-3-5-8-18)15-25(22(27)19-10-11-19)16-21-9-6-13-30-21/h2-5,7-8,14,19,21H,1,6,9-13,15-17H2/t21-/m0/s1. The van der Waals surface area contributed by atoms with Gasteiger partial charge < -0.3 is 14.2 Å². The van der Waals surface area contributed by atoms with Crippen LogP contribution in [0.3, 0.4) is 0 Å². The molecule has 4 rings (SSSR count). The molecule has 1 saturated carbocycles. The molecule has 0 N–H and O–H groups in total. The van der Waals surface area contributed by atoms with Gasteiger partial charge in [-0.3, -0.25) is 4.79 Å². The molecule has 1 aliphatic carbocycles. The number of benzene rings is 1. The van der Waals surface area contributed by atoms with E-state index in [0.29, 0.717) is 30.9 Å². The molecule has 0 radical (unpaired) electrons. The third-order valence-corrected chi connectivity index (χ3v) is 7.33. The lowest BCUT2D eigenvalue weighted by atomic mass is 10.2. The third-order valence-electron chi connectivity index (χ3n) is 5.73. The minimum absolute atomic E-state index is 0.0159. The van der Waals surface area contributed by atoms with Crippen LogP contribution in [-0.2, 0) is 38.2 Å². The summed E-state index contributed by atoms with van der Waals surface area (Å²) >= 11 is 0. The van der Waals surface area contributed by atoms with Gasteiger partial charge in [-0.1, -0.05) is 36.4 Å². The maximum Gasteiger partial charge on any atom is 0.228 e. The summed E-state index contributed by atoms with van der Waals surface area (Å²) in [6.07, 6.45) is 7.06. The van der Waals surface area contributed by atoms with Crippen LogP contribution >= 0.6 is 0 Å². The van der Waals surface area contributed by atoms with Crippen molar-refractivity contribution in [2.75, 3.05) is 13.2 Å². The quantitative estimate of drug-likeness (QED) is 0.528. The van der Waals surface area contributed by atoms with Crippen LogP contribution in [0.15, 0.2) is 54.3 Å². The molecule has 2 fully saturated rings. The van der Waals surface area contributed by atoms with Crippen molar-refractivity contribution < 1.29 is 17.9 Å². The highest BCUT2D eigenvalue weighted by Crippen LogP contribution is 2.32. The van der Waals surface area contributed by atoms with E-state index >= 15 is 0 Å². The normalized spacial score (nSPS) is 18.8. The number of carbonyl (C=O) groups is 1. The first-order valence-corrected chi connectivity index (χ1v) is 12.5. The summed E-state index contributed by atoms with van der Waals surface area (Å²) in [7, 11) is -3.65. The summed E-state index contributed by atoms with van der Waals surface area (Å²) in [5.74, 6) is 0.0798. The van der Waals surface area contributed by atoms with Crippen molar-refractivity contribution in [1.82, 2.24) is 14.5 Å². The summed E-state index contributed by atoms with van der Waals surface area (Å²) in [5, 5.41) is 0.0159. The second-order valence-corrected chi connectivity index (χ2v) is 10.2. The number of nitrogens with zero attached hydrogens (tertiary/aromatic N) is 3. The highest BCUT2D eigenvalue weighted by molar-refractivity contribution is 7.90. The molecule has 166 valence electrons. The van der Waals surface area contributed by atoms with Crippen LogP contribution in [0.1, 0.15) is 36.9 Å². The number of imidazole rings is 1. The van der Waals surface area contributed by atoms with Gasteiger partial charge in [0.2, 0.25) is 20.9 Å². The minimum atomic E-state index is -3.65. The first-order valence-electron chi connectivity index (χ1n) is 10.8. The Labute approximate surface area is 183 Å². The zero-order chi connectivity index (χ0) is 21.8. The SMILES string of the molecule is C=CCn1c(CN(C[C@@H]2CCCO2)C(=O)C2CC2)cnc1S(=O)(=O)Cc1ccccc1. The van der Waals surface area contributed by atoms with Crippen LogP contribution in [0.5, 0.6) is 0 Å². The predicted molar refractivity (Wildman–Crippen MR) is 117 cm³/mol. The van der Waals surface area contributed by atoms with E-state index in [4.69, 9.17) is 4.74 Å². The molecular weight excluding hydrogens is 414 g/mol. The number of hydrogen-bond acceptors (Lipinski definition) is 5. The molecule has 2 aliphatic rings. The van der Waals surface area contributed by atoms with Gasteiger partial charge in [0.1, 0.15) is 0 Å². The summed E-state index contributed by atoms with van der Waals surface area (Å²) in [5.41, 5.74) is 1.40. The van der Waals surface area contributed by atoms with Crippen molar-refractivity contribution >= 4 is 15.7 Å². The van der Waals surface area contributed by atoms with Gasteiger partial charge in [0.25, 0.3) is 0 Å². The summed E-state index contributed by atoms with van der Waals surface area (Å²) in [6, 6.07) is 9.07. The van der Waals surface area contributed by atoms with Crippen molar-refractivity contribution in [1.29, 1.82) is 0 Å². The molecule has 1 amide bonds. The molecule has 1 atom stereocenters. The number of allylic oxidation sites excluding steroid dienone is 1. The van der Waals surface area contributed by atoms with Crippen molar-refractivity contribution in [3.63, 3.8) is 0 Å². The smallest absolute Gasteiger partial charge is 0.228 e. The molecule has 1 saturated heterocycles. The van der Waals surface area contributed by atoms with Gasteiger partial charge in [0.15, 0.2) is 0 Å². The molecule has 2 heterocycles. The molecule has 7 nitrogen and oxygen atoms in total. The van der Waals surface area contributed by atoms with Crippen LogP contribution in [0.25, 0.3) is 0 Å². The van der Waals surface area contributed by atoms with Crippen LogP contribution in [0.2, 0.25) is 0 Å². The first-order chi connectivity index (χ1) is 15.0. The molecule has 0 spiro atoms. The van der Waals surface area contributed by atoms with Crippen LogP contribution in [-0.4, -0.2) is 48.0 Å². The van der Waals surface area contributed by atoms with E-state index in [-0.39, 0.29) is 28.8 Å². The third kappa shape index (κ3) is 5.25. The Balaban J connectivity index is 1.59. The van der Waals surface area contributed by atoms with Crippen molar-refractivity contribution in [3.05, 3.63) is 60.4 Å². The Morgan fingerprint density at radius 2 is 2.03 bits per heavy atom. The van der Waals surface area contributed by atoms with E-state index in [9.17, 15) is 13.2 Å². The van der Waals surface area contributed by atoms with Crippen LogP contribution in [0, 0.1) is 5.92 Å². The minimum Gasteiger partial charge on any atom is -0.376 e. The van der Waals surface area contributed by atoms with E-state index in [1.54, 1.807) is 29.0 Å². The van der Waals surface area contributed by atoms with Crippen molar-refractivity contribution in [3.8, 4) is 0 Å². The Kier molecular flexibility index (Phi) is 6.57. The maximum absolute atomic E-state index is 13.1. The molecule has 2 aromatic rings. The number of carbonyl (C=O) groups excluding carboxylic acids is 1. The van der Waals surface area contributed by atoms with Crippen molar-refractivity contribution in [2.24, 2.45) is 5.92 Å². The Hall–Kier alpha value is -2.45. The predicted octanol–water partition coefficient (Wildman–Crippen LogP) is 2.96. The lowest BCUT2D eigenvalue weighted by molar-refractivity contribution is -0.134. The number of hydrogen-bond donors (Lipinski definition) is 0. The fraction of sp³-hybridized carbons (Fsp3) is 0.478. The molecule has 1 aromatic carbocycles. The molecule has 1 aliphatic heterocycles. The average Bonchev–Trinajstić information content (AvgIpc) is 3.33. The number of aromatic nitrogens is 2. The van der Waals surface area contributed by atoms with E-state index in [1.165, 1.54) is 0 Å². The monoisotopic (exact) mass is 443 g/mol. The zero-order valence-electron chi connectivity index (χ0n) is 17.7.